The summed E-state index contributed by atoms with van der Waals surface area (Å²) in [6, 6.07) is 18.8. The maximum Gasteiger partial charge on any atom is 0.335 e. The molecule has 0 spiro atoms. The molecule has 1 aliphatic heterocycles. The number of fused-ring (bicyclic) bond motifs is 2. The number of hydrogen-bond donors (Lipinski definition) is 5. The summed E-state index contributed by atoms with van der Waals surface area (Å²) < 4.78 is 17.1. The Morgan fingerprint density at radius 3 is 2.37 bits per heavy atom. The van der Waals surface area contributed by atoms with E-state index in [-0.39, 0.29) is 24.5 Å². The van der Waals surface area contributed by atoms with Crippen LogP contribution in [-0.2, 0) is 25.4 Å². The highest BCUT2D eigenvalue weighted by Crippen LogP contribution is 2.39. The summed E-state index contributed by atoms with van der Waals surface area (Å²) in [4.78, 5) is 73.3. The molecule has 14 heteroatoms. The van der Waals surface area contributed by atoms with Crippen LogP contribution in [0.2, 0.25) is 0 Å². The van der Waals surface area contributed by atoms with Gasteiger partial charge in [0.2, 0.25) is 17.7 Å². The Kier molecular flexibility index (Phi) is 10.5. The normalized spacial score (nSPS) is 16.6. The SMILES string of the molecule is NC(=O)[C@H](Cc1ccc2ccccc2c1)NC(=O)[C@@H]1CCCCN1C(=O)[C@H](CSCP(=O)(O)O)NC(=O)c1cc2ccccc2o1. The number of thioether (sulfide) groups is 1. The smallest absolute Gasteiger partial charge is 0.335 e. The number of rotatable bonds is 12. The maximum absolute atomic E-state index is 13.9. The van der Waals surface area contributed by atoms with E-state index < -0.39 is 54.8 Å². The summed E-state index contributed by atoms with van der Waals surface area (Å²) in [6.07, 6.45) is 1.73. The van der Waals surface area contributed by atoms with Gasteiger partial charge in [-0.3, -0.25) is 23.7 Å². The molecule has 4 aromatic rings. The van der Waals surface area contributed by atoms with Crippen LogP contribution in [0.4, 0.5) is 0 Å². The predicted molar refractivity (Wildman–Crippen MR) is 175 cm³/mol. The van der Waals surface area contributed by atoms with Crippen molar-refractivity contribution in [1.29, 1.82) is 0 Å². The van der Waals surface area contributed by atoms with E-state index in [4.69, 9.17) is 10.2 Å². The van der Waals surface area contributed by atoms with E-state index in [0.717, 1.165) is 28.1 Å². The van der Waals surface area contributed by atoms with Crippen LogP contribution in [0, 0.1) is 0 Å². The molecule has 4 amide bonds. The maximum atomic E-state index is 13.9. The van der Waals surface area contributed by atoms with Crippen molar-refractivity contribution in [3.8, 4) is 0 Å². The monoisotopic (exact) mass is 666 g/mol. The van der Waals surface area contributed by atoms with E-state index >= 15 is 0 Å². The van der Waals surface area contributed by atoms with Crippen molar-refractivity contribution in [2.45, 2.75) is 43.8 Å². The molecule has 5 rings (SSSR count). The minimum Gasteiger partial charge on any atom is -0.451 e. The van der Waals surface area contributed by atoms with Crippen molar-refractivity contribution in [3.63, 3.8) is 0 Å². The van der Waals surface area contributed by atoms with Crippen molar-refractivity contribution < 1.29 is 37.9 Å². The fraction of sp³-hybridized carbons (Fsp3) is 0.312. The fourth-order valence-corrected chi connectivity index (χ4v) is 7.38. The number of amides is 4. The summed E-state index contributed by atoms with van der Waals surface area (Å²) in [6.45, 7) is 0.211. The van der Waals surface area contributed by atoms with Gasteiger partial charge in [-0.15, -0.1) is 11.8 Å². The third-order valence-corrected chi connectivity index (χ3v) is 10.4. The molecule has 0 radical (unpaired) electrons. The van der Waals surface area contributed by atoms with Gasteiger partial charge >= 0.3 is 7.60 Å². The first-order valence-corrected chi connectivity index (χ1v) is 17.7. The van der Waals surface area contributed by atoms with Crippen LogP contribution < -0.4 is 16.4 Å². The van der Waals surface area contributed by atoms with Crippen LogP contribution in [0.3, 0.4) is 0 Å². The second-order valence-electron chi connectivity index (χ2n) is 11.2. The molecule has 0 aliphatic carbocycles. The van der Waals surface area contributed by atoms with Gasteiger partial charge in [0.1, 0.15) is 23.7 Å². The highest BCUT2D eigenvalue weighted by molar-refractivity contribution is 8.04. The van der Waals surface area contributed by atoms with Crippen LogP contribution in [0.25, 0.3) is 21.7 Å². The molecular weight excluding hydrogens is 631 g/mol. The number of carbonyl (C=O) groups is 4. The van der Waals surface area contributed by atoms with Crippen molar-refractivity contribution in [2.75, 3.05) is 17.8 Å². The molecule has 242 valence electrons. The second-order valence-corrected chi connectivity index (χ2v) is 14.3. The Labute approximate surface area is 269 Å². The predicted octanol–water partition coefficient (Wildman–Crippen LogP) is 3.15. The molecule has 3 aromatic carbocycles. The number of para-hydroxylation sites is 1. The first-order chi connectivity index (χ1) is 22.0. The largest absolute Gasteiger partial charge is 0.451 e. The minimum absolute atomic E-state index is 0.0371. The molecule has 1 aliphatic rings. The average Bonchev–Trinajstić information content (AvgIpc) is 3.48. The quantitative estimate of drug-likeness (QED) is 0.141. The first-order valence-electron chi connectivity index (χ1n) is 14.8. The van der Waals surface area contributed by atoms with Gasteiger partial charge in [0.05, 0.1) is 5.49 Å². The Morgan fingerprint density at radius 2 is 1.65 bits per heavy atom. The fourth-order valence-electron chi connectivity index (χ4n) is 5.55. The summed E-state index contributed by atoms with van der Waals surface area (Å²) in [7, 11) is -4.39. The Bertz CT molecular complexity index is 1770. The third kappa shape index (κ3) is 8.35. The van der Waals surface area contributed by atoms with Gasteiger partial charge in [0.15, 0.2) is 5.76 Å². The molecule has 1 fully saturated rings. The molecule has 3 atom stereocenters. The van der Waals surface area contributed by atoms with E-state index in [2.05, 4.69) is 10.6 Å². The number of carbonyl (C=O) groups excluding carboxylic acids is 4. The first kappa shape index (κ1) is 33.2. The zero-order valence-corrected chi connectivity index (χ0v) is 26.5. The van der Waals surface area contributed by atoms with E-state index in [9.17, 15) is 33.5 Å². The van der Waals surface area contributed by atoms with E-state index in [1.807, 2.05) is 42.5 Å². The number of piperidine rings is 1. The topological polar surface area (TPSA) is 192 Å². The molecule has 1 aromatic heterocycles. The van der Waals surface area contributed by atoms with Gasteiger partial charge in [0.25, 0.3) is 5.91 Å². The number of nitrogens with two attached hydrogens (primary N) is 1. The lowest BCUT2D eigenvalue weighted by Gasteiger charge is -2.37. The molecule has 46 heavy (non-hydrogen) atoms. The van der Waals surface area contributed by atoms with Crippen LogP contribution in [0.1, 0.15) is 35.4 Å². The van der Waals surface area contributed by atoms with E-state index in [0.29, 0.717) is 30.2 Å². The summed E-state index contributed by atoms with van der Waals surface area (Å²) in [5.41, 5.74) is 6.41. The van der Waals surface area contributed by atoms with Gasteiger partial charge in [-0.05, 0) is 47.7 Å². The molecule has 2 heterocycles. The van der Waals surface area contributed by atoms with Crippen molar-refractivity contribution >= 4 is 64.7 Å². The van der Waals surface area contributed by atoms with E-state index in [1.165, 1.54) is 11.0 Å². The number of nitrogens with zero attached hydrogens (tertiary/aromatic N) is 1. The molecule has 0 saturated carbocycles. The number of benzene rings is 3. The summed E-state index contributed by atoms with van der Waals surface area (Å²) in [5, 5.41) is 8.07. The van der Waals surface area contributed by atoms with Gasteiger partial charge in [-0.25, -0.2) is 0 Å². The van der Waals surface area contributed by atoms with Crippen LogP contribution in [0.15, 0.2) is 77.2 Å². The molecule has 1 saturated heterocycles. The Balaban J connectivity index is 1.32. The van der Waals surface area contributed by atoms with Crippen molar-refractivity contribution in [2.24, 2.45) is 5.73 Å². The Hall–Kier alpha value is -4.16. The summed E-state index contributed by atoms with van der Waals surface area (Å²) in [5.74, 6) is -2.75. The summed E-state index contributed by atoms with van der Waals surface area (Å²) >= 11 is 0.811. The van der Waals surface area contributed by atoms with Gasteiger partial charge in [0, 0.05) is 24.1 Å². The molecule has 0 unspecified atom stereocenters. The standard InChI is InChI=1S/C32H35N4O8PS/c33-29(37)24(16-20-12-13-21-7-1-2-8-22(21)15-20)34-30(38)26-10-5-6-14-36(26)32(40)25(18-46-19-45(41,42)43)35-31(39)28-17-23-9-3-4-11-27(23)44-28/h1-4,7-9,11-13,15,17,24-26H,5-6,10,14,16,18-19H2,(H2,33,37)(H,34,38)(H,35,39)(H2,41,42,43)/t24-,25-,26-/m0/s1. The second kappa shape index (κ2) is 14.5. The third-order valence-electron chi connectivity index (χ3n) is 7.80. The van der Waals surface area contributed by atoms with Crippen molar-refractivity contribution in [1.82, 2.24) is 15.5 Å². The molecule has 6 N–H and O–H groups in total. The molecule has 12 nitrogen and oxygen atoms in total. The van der Waals surface area contributed by atoms with Gasteiger partial charge < -0.3 is 35.5 Å². The zero-order valence-electron chi connectivity index (χ0n) is 24.8. The van der Waals surface area contributed by atoms with Crippen LogP contribution >= 0.6 is 19.4 Å². The van der Waals surface area contributed by atoms with E-state index in [1.54, 1.807) is 24.3 Å². The Morgan fingerprint density at radius 1 is 0.935 bits per heavy atom. The number of nitrogens with one attached hydrogen (secondary N) is 2. The van der Waals surface area contributed by atoms with Crippen LogP contribution in [-0.4, -0.2) is 74.2 Å². The highest BCUT2D eigenvalue weighted by Gasteiger charge is 2.38. The molecule has 0 bridgehead atoms. The van der Waals surface area contributed by atoms with Crippen molar-refractivity contribution in [3.05, 3.63) is 84.1 Å². The lowest BCUT2D eigenvalue weighted by Crippen LogP contribution is -2.60. The molecular formula is C32H35N4O8PS. The van der Waals surface area contributed by atoms with Gasteiger partial charge in [-0.2, -0.15) is 0 Å². The number of furan rings is 1. The zero-order chi connectivity index (χ0) is 32.8. The lowest BCUT2D eigenvalue weighted by molar-refractivity contribution is -0.144. The van der Waals surface area contributed by atoms with Crippen LogP contribution in [0.5, 0.6) is 0 Å². The minimum atomic E-state index is -4.39. The number of hydrogen-bond acceptors (Lipinski definition) is 7. The highest BCUT2D eigenvalue weighted by atomic mass is 32.2. The number of likely N-dealkylation sites (tertiary alicyclic amines) is 1. The van der Waals surface area contributed by atoms with Gasteiger partial charge in [-0.1, -0.05) is 60.7 Å². The number of primary amides is 1. The lowest BCUT2D eigenvalue weighted by atomic mass is 9.98. The average molecular weight is 667 g/mol.